The molecule has 0 bridgehead atoms. The highest BCUT2D eigenvalue weighted by molar-refractivity contribution is 4.50. The number of hydrogen-bond acceptors (Lipinski definition) is 2. The Hall–Kier alpha value is -0.0800. The summed E-state index contributed by atoms with van der Waals surface area (Å²) in [6.45, 7) is 6.88. The number of hydrogen-bond donors (Lipinski definition) is 0. The lowest BCUT2D eigenvalue weighted by atomic mass is 10.5. The van der Waals surface area contributed by atoms with E-state index in [1.54, 1.807) is 0 Å². The highest BCUT2D eigenvalue weighted by atomic mass is 16.5. The fourth-order valence-corrected chi connectivity index (χ4v) is 0.463. The standard InChI is InChI=1S/C7H15O2/c1-3-5-9-7-6-8-4-2/h3H,4-7H2,1-2H3. The van der Waals surface area contributed by atoms with Crippen LogP contribution in [-0.4, -0.2) is 26.4 Å². The summed E-state index contributed by atoms with van der Waals surface area (Å²) in [6.07, 6.45) is 1.98. The van der Waals surface area contributed by atoms with Gasteiger partial charge >= 0.3 is 0 Å². The molecule has 9 heavy (non-hydrogen) atoms. The van der Waals surface area contributed by atoms with E-state index in [0.29, 0.717) is 13.2 Å². The van der Waals surface area contributed by atoms with Gasteiger partial charge in [-0.2, -0.15) is 0 Å². The van der Waals surface area contributed by atoms with Gasteiger partial charge in [0.1, 0.15) is 0 Å². The molecule has 0 unspecified atom stereocenters. The Morgan fingerprint density at radius 1 is 1.22 bits per heavy atom. The van der Waals surface area contributed by atoms with Crippen LogP contribution in [0.25, 0.3) is 0 Å². The van der Waals surface area contributed by atoms with Gasteiger partial charge in [-0.1, -0.05) is 6.92 Å². The second-order valence-electron chi connectivity index (χ2n) is 1.68. The van der Waals surface area contributed by atoms with Crippen molar-refractivity contribution in [3.8, 4) is 0 Å². The predicted molar refractivity (Wildman–Crippen MR) is 37.3 cm³/mol. The largest absolute Gasteiger partial charge is 0.379 e. The summed E-state index contributed by atoms with van der Waals surface area (Å²) in [6, 6.07) is 0. The third-order valence-corrected chi connectivity index (χ3v) is 0.861. The minimum Gasteiger partial charge on any atom is -0.379 e. The van der Waals surface area contributed by atoms with E-state index in [9.17, 15) is 0 Å². The smallest absolute Gasteiger partial charge is 0.0700 e. The fourth-order valence-electron chi connectivity index (χ4n) is 0.463. The Kier molecular flexibility index (Phi) is 7.85. The number of rotatable bonds is 6. The van der Waals surface area contributed by atoms with Crippen LogP contribution in [0.1, 0.15) is 13.8 Å². The molecule has 0 rings (SSSR count). The molecule has 0 aromatic heterocycles. The lowest BCUT2D eigenvalue weighted by Crippen LogP contribution is -2.04. The zero-order valence-corrected chi connectivity index (χ0v) is 6.22. The summed E-state index contributed by atoms with van der Waals surface area (Å²) in [5.74, 6) is 0. The van der Waals surface area contributed by atoms with E-state index >= 15 is 0 Å². The molecule has 2 heteroatoms. The highest BCUT2D eigenvalue weighted by Gasteiger charge is 1.84. The fraction of sp³-hybridized carbons (Fsp3) is 0.857. The summed E-state index contributed by atoms with van der Waals surface area (Å²) in [4.78, 5) is 0. The summed E-state index contributed by atoms with van der Waals surface area (Å²) in [7, 11) is 0. The average Bonchev–Trinajstić information content (AvgIpc) is 1.89. The van der Waals surface area contributed by atoms with Crippen molar-refractivity contribution in [2.45, 2.75) is 13.8 Å². The maximum Gasteiger partial charge on any atom is 0.0700 e. The minimum atomic E-state index is 0.707. The van der Waals surface area contributed by atoms with Crippen LogP contribution in [0.15, 0.2) is 0 Å². The van der Waals surface area contributed by atoms with Crippen molar-refractivity contribution in [3.05, 3.63) is 6.42 Å². The Morgan fingerprint density at radius 3 is 2.44 bits per heavy atom. The molecule has 0 N–H and O–H groups in total. The van der Waals surface area contributed by atoms with Gasteiger partial charge in [-0.05, 0) is 13.3 Å². The molecular weight excluding hydrogens is 116 g/mol. The third kappa shape index (κ3) is 7.92. The second-order valence-corrected chi connectivity index (χ2v) is 1.68. The van der Waals surface area contributed by atoms with Crippen LogP contribution in [-0.2, 0) is 9.47 Å². The van der Waals surface area contributed by atoms with Gasteiger partial charge in [0.2, 0.25) is 0 Å². The Labute approximate surface area is 57.2 Å². The molecule has 0 saturated carbocycles. The van der Waals surface area contributed by atoms with E-state index in [1.165, 1.54) is 0 Å². The average molecular weight is 131 g/mol. The molecule has 2 nitrogen and oxygen atoms in total. The van der Waals surface area contributed by atoms with E-state index in [4.69, 9.17) is 9.47 Å². The zero-order chi connectivity index (χ0) is 6.95. The molecule has 0 aromatic rings. The Bertz CT molecular complexity index is 40.2. The summed E-state index contributed by atoms with van der Waals surface area (Å²) >= 11 is 0. The second kappa shape index (κ2) is 7.92. The van der Waals surface area contributed by atoms with Gasteiger partial charge < -0.3 is 9.47 Å². The van der Waals surface area contributed by atoms with Crippen LogP contribution >= 0.6 is 0 Å². The maximum atomic E-state index is 5.10. The molecule has 0 heterocycles. The van der Waals surface area contributed by atoms with Crippen molar-refractivity contribution >= 4 is 0 Å². The molecule has 1 radical (unpaired) electrons. The minimum absolute atomic E-state index is 0.707. The number of ether oxygens (including phenoxy) is 2. The normalized spacial score (nSPS) is 10.0. The SMILES string of the molecule is C[CH]COCCOCC. The monoisotopic (exact) mass is 131 g/mol. The topological polar surface area (TPSA) is 18.5 Å². The Balaban J connectivity index is 2.60. The lowest BCUT2D eigenvalue weighted by molar-refractivity contribution is 0.0612. The van der Waals surface area contributed by atoms with Crippen LogP contribution in [0.2, 0.25) is 0 Å². The zero-order valence-electron chi connectivity index (χ0n) is 6.22. The van der Waals surface area contributed by atoms with E-state index in [0.717, 1.165) is 13.2 Å². The quantitative estimate of drug-likeness (QED) is 0.505. The first-order valence-corrected chi connectivity index (χ1v) is 3.35. The van der Waals surface area contributed by atoms with Crippen LogP contribution < -0.4 is 0 Å². The highest BCUT2D eigenvalue weighted by Crippen LogP contribution is 1.79. The van der Waals surface area contributed by atoms with Crippen molar-refractivity contribution in [1.29, 1.82) is 0 Å². The third-order valence-electron chi connectivity index (χ3n) is 0.861. The molecule has 0 atom stereocenters. The van der Waals surface area contributed by atoms with Gasteiger partial charge in [0.25, 0.3) is 0 Å². The molecule has 0 spiro atoms. The van der Waals surface area contributed by atoms with Gasteiger partial charge in [-0.15, -0.1) is 0 Å². The lowest BCUT2D eigenvalue weighted by Gasteiger charge is -2.00. The van der Waals surface area contributed by atoms with Gasteiger partial charge in [-0.25, -0.2) is 0 Å². The molecule has 0 amide bonds. The van der Waals surface area contributed by atoms with Crippen molar-refractivity contribution in [2.24, 2.45) is 0 Å². The first-order chi connectivity index (χ1) is 4.41. The van der Waals surface area contributed by atoms with E-state index < -0.39 is 0 Å². The summed E-state index contributed by atoms with van der Waals surface area (Å²) < 4.78 is 10.1. The molecule has 0 aliphatic carbocycles. The van der Waals surface area contributed by atoms with Crippen molar-refractivity contribution in [1.82, 2.24) is 0 Å². The molecular formula is C7H15O2. The van der Waals surface area contributed by atoms with Gasteiger partial charge in [-0.3, -0.25) is 0 Å². The van der Waals surface area contributed by atoms with Crippen LogP contribution in [0.3, 0.4) is 0 Å². The molecule has 0 fully saturated rings. The maximum absolute atomic E-state index is 5.10. The van der Waals surface area contributed by atoms with Crippen molar-refractivity contribution in [2.75, 3.05) is 26.4 Å². The van der Waals surface area contributed by atoms with Crippen LogP contribution in [0.5, 0.6) is 0 Å². The van der Waals surface area contributed by atoms with Crippen molar-refractivity contribution < 1.29 is 9.47 Å². The van der Waals surface area contributed by atoms with Gasteiger partial charge in [0.05, 0.1) is 13.2 Å². The van der Waals surface area contributed by atoms with Gasteiger partial charge in [0, 0.05) is 13.2 Å². The van der Waals surface area contributed by atoms with Crippen LogP contribution in [0.4, 0.5) is 0 Å². The first kappa shape index (κ1) is 8.92. The van der Waals surface area contributed by atoms with Crippen LogP contribution in [0, 0.1) is 6.42 Å². The van der Waals surface area contributed by atoms with E-state index in [1.807, 2.05) is 20.3 Å². The predicted octanol–water partition coefficient (Wildman–Crippen LogP) is 1.26. The molecule has 0 aliphatic heterocycles. The molecule has 55 valence electrons. The summed E-state index contributed by atoms with van der Waals surface area (Å²) in [5, 5.41) is 0. The summed E-state index contributed by atoms with van der Waals surface area (Å²) in [5.41, 5.74) is 0. The first-order valence-electron chi connectivity index (χ1n) is 3.35. The van der Waals surface area contributed by atoms with Gasteiger partial charge in [0.15, 0.2) is 0 Å². The van der Waals surface area contributed by atoms with E-state index in [-0.39, 0.29) is 0 Å². The molecule has 0 aromatic carbocycles. The van der Waals surface area contributed by atoms with E-state index in [2.05, 4.69) is 0 Å². The molecule has 0 aliphatic rings. The molecule has 0 saturated heterocycles. The van der Waals surface area contributed by atoms with Crippen molar-refractivity contribution in [3.63, 3.8) is 0 Å². The Morgan fingerprint density at radius 2 is 1.89 bits per heavy atom.